The summed E-state index contributed by atoms with van der Waals surface area (Å²) in [6.07, 6.45) is 7.33. The first-order chi connectivity index (χ1) is 5.72. The molecule has 0 saturated carbocycles. The van der Waals surface area contributed by atoms with Gasteiger partial charge in [0.1, 0.15) is 0 Å². The number of carboxylic acid groups (broad SMARTS) is 1. The lowest BCUT2D eigenvalue weighted by Crippen LogP contribution is -2.35. The van der Waals surface area contributed by atoms with Gasteiger partial charge in [0.25, 0.3) is 0 Å². The number of allylic oxidation sites excluding steroid dienone is 2. The lowest BCUT2D eigenvalue weighted by molar-refractivity contribution is -0.142. The molecule has 76 valence electrons. The zero-order chi connectivity index (χ0) is 8.97. The van der Waals surface area contributed by atoms with Gasteiger partial charge >= 0.3 is 5.97 Å². The highest BCUT2D eigenvalue weighted by Gasteiger charge is 2.24. The van der Waals surface area contributed by atoms with Crippen LogP contribution in [0.2, 0.25) is 0 Å². The molecule has 1 rings (SSSR count). The van der Waals surface area contributed by atoms with Crippen LogP contribution in [0.25, 0.3) is 0 Å². The van der Waals surface area contributed by atoms with Crippen LogP contribution in [-0.2, 0) is 4.79 Å². The molecule has 1 aliphatic rings. The van der Waals surface area contributed by atoms with Gasteiger partial charge in [0.05, 0.1) is 5.92 Å². The second-order valence-corrected chi connectivity index (χ2v) is 3.23. The van der Waals surface area contributed by atoms with Crippen molar-refractivity contribution in [3.8, 4) is 0 Å². The molecule has 0 heterocycles. The predicted molar refractivity (Wildman–Crippen MR) is 54.0 cm³/mol. The topological polar surface area (TPSA) is 63.3 Å². The highest BCUT2D eigenvalue weighted by molar-refractivity contribution is 5.85. The molecule has 0 aromatic rings. The summed E-state index contributed by atoms with van der Waals surface area (Å²) in [4.78, 5) is 10.7. The SMILES string of the molecule is Cl.N[C@@H]1CCC=CCC[C@H]1C(=O)O. The van der Waals surface area contributed by atoms with Crippen LogP contribution in [0, 0.1) is 5.92 Å². The van der Waals surface area contributed by atoms with Crippen LogP contribution in [0.3, 0.4) is 0 Å². The molecule has 0 radical (unpaired) electrons. The molecule has 0 spiro atoms. The Balaban J connectivity index is 0.00000144. The standard InChI is InChI=1S/C9H15NO2.ClH/c10-8-6-4-2-1-3-5-7(8)9(11)12;/h1-2,7-8H,3-6,10H2,(H,11,12);1H/t7-,8-;/m1./s1. The second-order valence-electron chi connectivity index (χ2n) is 3.23. The van der Waals surface area contributed by atoms with E-state index < -0.39 is 5.97 Å². The first-order valence-electron chi connectivity index (χ1n) is 4.35. The summed E-state index contributed by atoms with van der Waals surface area (Å²) in [5.74, 6) is -1.10. The minimum Gasteiger partial charge on any atom is -0.481 e. The molecule has 3 nitrogen and oxygen atoms in total. The minimum atomic E-state index is -0.752. The molecule has 3 N–H and O–H groups in total. The maximum Gasteiger partial charge on any atom is 0.308 e. The van der Waals surface area contributed by atoms with Crippen molar-refractivity contribution < 1.29 is 9.90 Å². The summed E-state index contributed by atoms with van der Waals surface area (Å²) < 4.78 is 0. The number of halogens is 1. The van der Waals surface area contributed by atoms with Gasteiger partial charge in [0, 0.05) is 6.04 Å². The number of aliphatic carboxylic acids is 1. The van der Waals surface area contributed by atoms with Gasteiger partial charge in [0.2, 0.25) is 0 Å². The van der Waals surface area contributed by atoms with Gasteiger partial charge in [-0.2, -0.15) is 0 Å². The van der Waals surface area contributed by atoms with Crippen LogP contribution in [0.5, 0.6) is 0 Å². The van der Waals surface area contributed by atoms with Gasteiger partial charge in [-0.25, -0.2) is 0 Å². The summed E-state index contributed by atoms with van der Waals surface area (Å²) in [6.45, 7) is 0. The van der Waals surface area contributed by atoms with E-state index in [1.807, 2.05) is 6.08 Å². The molecule has 0 aromatic heterocycles. The van der Waals surface area contributed by atoms with Gasteiger partial charge in [-0.3, -0.25) is 4.79 Å². The molecule has 0 saturated heterocycles. The third-order valence-electron chi connectivity index (χ3n) is 2.31. The highest BCUT2D eigenvalue weighted by atomic mass is 35.5. The van der Waals surface area contributed by atoms with Crippen molar-refractivity contribution in [3.05, 3.63) is 12.2 Å². The number of nitrogens with two attached hydrogens (primary N) is 1. The number of rotatable bonds is 1. The lowest BCUT2D eigenvalue weighted by Gasteiger charge is -2.20. The van der Waals surface area contributed by atoms with Gasteiger partial charge in [-0.1, -0.05) is 12.2 Å². The number of hydrogen-bond donors (Lipinski definition) is 2. The third kappa shape index (κ3) is 3.79. The molecule has 0 fully saturated rings. The zero-order valence-electron chi connectivity index (χ0n) is 7.48. The van der Waals surface area contributed by atoms with Crippen LogP contribution in [0.4, 0.5) is 0 Å². The van der Waals surface area contributed by atoms with Crippen molar-refractivity contribution in [1.29, 1.82) is 0 Å². The van der Waals surface area contributed by atoms with Crippen molar-refractivity contribution in [2.24, 2.45) is 11.7 Å². The Morgan fingerprint density at radius 2 is 1.85 bits per heavy atom. The summed E-state index contributed by atoms with van der Waals surface area (Å²) in [5.41, 5.74) is 5.73. The average Bonchev–Trinajstić information content (AvgIpc) is 1.96. The smallest absolute Gasteiger partial charge is 0.308 e. The molecule has 1 aliphatic carbocycles. The van der Waals surface area contributed by atoms with E-state index in [0.29, 0.717) is 6.42 Å². The number of carbonyl (C=O) groups is 1. The summed E-state index contributed by atoms with van der Waals surface area (Å²) in [5, 5.41) is 8.82. The van der Waals surface area contributed by atoms with E-state index in [4.69, 9.17) is 10.8 Å². The monoisotopic (exact) mass is 205 g/mol. The van der Waals surface area contributed by atoms with E-state index in [1.54, 1.807) is 0 Å². The van der Waals surface area contributed by atoms with Gasteiger partial charge in [-0.15, -0.1) is 12.4 Å². The van der Waals surface area contributed by atoms with E-state index in [9.17, 15) is 4.79 Å². The van der Waals surface area contributed by atoms with Crippen LogP contribution >= 0.6 is 12.4 Å². The van der Waals surface area contributed by atoms with Gasteiger partial charge in [0.15, 0.2) is 0 Å². The van der Waals surface area contributed by atoms with Crippen LogP contribution in [0.15, 0.2) is 12.2 Å². The van der Waals surface area contributed by atoms with E-state index in [0.717, 1.165) is 19.3 Å². The van der Waals surface area contributed by atoms with Crippen molar-refractivity contribution in [2.75, 3.05) is 0 Å². The quantitative estimate of drug-likeness (QED) is 0.639. The van der Waals surface area contributed by atoms with Gasteiger partial charge in [-0.05, 0) is 25.7 Å². The largest absolute Gasteiger partial charge is 0.481 e. The normalized spacial score (nSPS) is 28.4. The van der Waals surface area contributed by atoms with Crippen molar-refractivity contribution in [1.82, 2.24) is 0 Å². The maximum absolute atomic E-state index is 10.7. The molecule has 0 bridgehead atoms. The molecule has 0 aromatic carbocycles. The van der Waals surface area contributed by atoms with Crippen molar-refractivity contribution >= 4 is 18.4 Å². The summed E-state index contributed by atoms with van der Waals surface area (Å²) >= 11 is 0. The van der Waals surface area contributed by atoms with Crippen LogP contribution in [-0.4, -0.2) is 17.1 Å². The summed E-state index contributed by atoms with van der Waals surface area (Å²) in [6, 6.07) is -0.174. The van der Waals surface area contributed by atoms with E-state index in [2.05, 4.69) is 6.08 Å². The summed E-state index contributed by atoms with van der Waals surface area (Å²) in [7, 11) is 0. The van der Waals surface area contributed by atoms with Crippen LogP contribution < -0.4 is 5.73 Å². The Labute approximate surface area is 84.4 Å². The lowest BCUT2D eigenvalue weighted by atomic mass is 9.90. The number of hydrogen-bond acceptors (Lipinski definition) is 2. The van der Waals surface area contributed by atoms with Gasteiger partial charge < -0.3 is 10.8 Å². The second kappa shape index (κ2) is 6.00. The fraction of sp³-hybridized carbons (Fsp3) is 0.667. The molecular formula is C9H16ClNO2. The molecule has 0 unspecified atom stereocenters. The van der Waals surface area contributed by atoms with E-state index in [1.165, 1.54) is 0 Å². The Morgan fingerprint density at radius 1 is 1.31 bits per heavy atom. The maximum atomic E-state index is 10.7. The molecule has 4 heteroatoms. The van der Waals surface area contributed by atoms with E-state index in [-0.39, 0.29) is 24.4 Å². The highest BCUT2D eigenvalue weighted by Crippen LogP contribution is 2.17. The molecule has 2 atom stereocenters. The minimum absolute atomic E-state index is 0. The Morgan fingerprint density at radius 3 is 2.38 bits per heavy atom. The van der Waals surface area contributed by atoms with Crippen molar-refractivity contribution in [2.45, 2.75) is 31.7 Å². The molecule has 13 heavy (non-hydrogen) atoms. The Kier molecular flexibility index (Phi) is 5.75. The Hall–Kier alpha value is -0.540. The first-order valence-corrected chi connectivity index (χ1v) is 4.35. The van der Waals surface area contributed by atoms with Crippen molar-refractivity contribution in [3.63, 3.8) is 0 Å². The third-order valence-corrected chi connectivity index (χ3v) is 2.31. The number of carboxylic acids is 1. The predicted octanol–water partition coefficient (Wildman–Crippen LogP) is 1.57. The fourth-order valence-electron chi connectivity index (χ4n) is 1.52. The first kappa shape index (κ1) is 12.5. The molecule has 0 amide bonds. The zero-order valence-corrected chi connectivity index (χ0v) is 8.30. The fourth-order valence-corrected chi connectivity index (χ4v) is 1.52. The van der Waals surface area contributed by atoms with E-state index >= 15 is 0 Å². The Bertz CT molecular complexity index is 194. The average molecular weight is 206 g/mol. The molecule has 0 aliphatic heterocycles. The molecular weight excluding hydrogens is 190 g/mol. The van der Waals surface area contributed by atoms with Crippen LogP contribution in [0.1, 0.15) is 25.7 Å².